The Morgan fingerprint density at radius 1 is 1.08 bits per heavy atom. The van der Waals surface area contributed by atoms with Crippen LogP contribution < -0.4 is 9.47 Å². The number of carbonyl (C=O) groups is 2. The van der Waals surface area contributed by atoms with Crippen LogP contribution in [0.1, 0.15) is 18.4 Å². The van der Waals surface area contributed by atoms with Gasteiger partial charge < -0.3 is 9.47 Å². The van der Waals surface area contributed by atoms with Crippen molar-refractivity contribution in [3.05, 3.63) is 59.9 Å². The topological polar surface area (TPSA) is 68.2 Å². The number of amides is 1. The van der Waals surface area contributed by atoms with Crippen LogP contribution in [0.4, 0.5) is 4.39 Å². The maximum absolute atomic E-state index is 13.0. The molecule has 6 nitrogen and oxygen atoms in total. The Hall–Kier alpha value is -3.22. The number of halogens is 1. The highest BCUT2D eigenvalue weighted by Gasteiger charge is 2.25. The molecule has 1 heterocycles. The molecule has 0 N–H and O–H groups in total. The molecular weight excluding hydrogens is 339 g/mol. The maximum atomic E-state index is 13.0. The van der Waals surface area contributed by atoms with Crippen LogP contribution >= 0.6 is 0 Å². The average molecular weight is 356 g/mol. The van der Waals surface area contributed by atoms with Gasteiger partial charge in [-0.3, -0.25) is 4.79 Å². The van der Waals surface area contributed by atoms with E-state index >= 15 is 0 Å². The van der Waals surface area contributed by atoms with Crippen molar-refractivity contribution in [1.82, 2.24) is 5.01 Å². The molecule has 1 aliphatic rings. The van der Waals surface area contributed by atoms with Gasteiger partial charge in [0.05, 0.1) is 13.7 Å². The molecular formula is C19H17FN2O4. The molecule has 0 radical (unpaired) electrons. The average Bonchev–Trinajstić information content (AvgIpc) is 2.66. The molecule has 0 saturated carbocycles. The van der Waals surface area contributed by atoms with Crippen LogP contribution in [-0.4, -0.2) is 29.7 Å². The Balaban J connectivity index is 1.70. The Morgan fingerprint density at radius 3 is 2.38 bits per heavy atom. The highest BCUT2D eigenvalue weighted by Crippen LogP contribution is 2.19. The van der Waals surface area contributed by atoms with Crippen molar-refractivity contribution in [3.8, 4) is 11.5 Å². The van der Waals surface area contributed by atoms with Gasteiger partial charge >= 0.3 is 5.97 Å². The Bertz CT molecular complexity index is 832. The van der Waals surface area contributed by atoms with E-state index < -0.39 is 5.97 Å². The number of hydrogen-bond donors (Lipinski definition) is 0. The minimum absolute atomic E-state index is 0.164. The summed E-state index contributed by atoms with van der Waals surface area (Å²) < 4.78 is 23.3. The summed E-state index contributed by atoms with van der Waals surface area (Å²) in [7, 11) is 1.55. The lowest BCUT2D eigenvalue weighted by Crippen LogP contribution is -2.35. The van der Waals surface area contributed by atoms with E-state index in [9.17, 15) is 14.0 Å². The van der Waals surface area contributed by atoms with Gasteiger partial charge in [-0.25, -0.2) is 14.2 Å². The molecule has 0 fully saturated rings. The van der Waals surface area contributed by atoms with E-state index in [-0.39, 0.29) is 36.8 Å². The maximum Gasteiger partial charge on any atom is 0.359 e. The van der Waals surface area contributed by atoms with Crippen molar-refractivity contribution in [2.24, 2.45) is 5.10 Å². The number of esters is 1. The molecule has 1 amide bonds. The minimum Gasteiger partial charge on any atom is -0.497 e. The Morgan fingerprint density at radius 2 is 1.73 bits per heavy atom. The second kappa shape index (κ2) is 7.77. The van der Waals surface area contributed by atoms with E-state index in [1.54, 1.807) is 43.5 Å². The third-order valence-electron chi connectivity index (χ3n) is 3.86. The molecule has 0 bridgehead atoms. The zero-order chi connectivity index (χ0) is 18.5. The third-order valence-corrected chi connectivity index (χ3v) is 3.86. The van der Waals surface area contributed by atoms with Crippen LogP contribution in [0.3, 0.4) is 0 Å². The summed E-state index contributed by atoms with van der Waals surface area (Å²) in [6.07, 6.45) is 0.380. The number of hydrazone groups is 1. The van der Waals surface area contributed by atoms with Crippen LogP contribution in [0.25, 0.3) is 0 Å². The van der Waals surface area contributed by atoms with E-state index in [1.807, 2.05) is 0 Å². The van der Waals surface area contributed by atoms with Gasteiger partial charge in [0.15, 0.2) is 0 Å². The summed E-state index contributed by atoms with van der Waals surface area (Å²) >= 11 is 0. The van der Waals surface area contributed by atoms with Crippen LogP contribution in [0.5, 0.6) is 11.5 Å². The fourth-order valence-electron chi connectivity index (χ4n) is 2.44. The normalized spacial score (nSPS) is 14.0. The van der Waals surface area contributed by atoms with Crippen molar-refractivity contribution < 1.29 is 23.5 Å². The van der Waals surface area contributed by atoms with E-state index in [0.717, 1.165) is 0 Å². The van der Waals surface area contributed by atoms with Crippen LogP contribution in [0, 0.1) is 5.82 Å². The molecule has 0 atom stereocenters. The first-order chi connectivity index (χ1) is 12.5. The molecule has 7 heteroatoms. The molecule has 0 aliphatic carbocycles. The lowest BCUT2D eigenvalue weighted by molar-refractivity contribution is -0.133. The van der Waals surface area contributed by atoms with Gasteiger partial charge in [0.1, 0.15) is 23.0 Å². The van der Waals surface area contributed by atoms with Crippen molar-refractivity contribution in [1.29, 1.82) is 0 Å². The van der Waals surface area contributed by atoms with Gasteiger partial charge in [-0.15, -0.1) is 0 Å². The predicted molar refractivity (Wildman–Crippen MR) is 92.2 cm³/mol. The summed E-state index contributed by atoms with van der Waals surface area (Å²) in [5.74, 6) is -0.149. The predicted octanol–water partition coefficient (Wildman–Crippen LogP) is 2.92. The highest BCUT2D eigenvalue weighted by atomic mass is 19.1. The number of hydrogen-bond acceptors (Lipinski definition) is 5. The van der Waals surface area contributed by atoms with Gasteiger partial charge in [-0.1, -0.05) is 12.1 Å². The first-order valence-electron chi connectivity index (χ1n) is 8.03. The van der Waals surface area contributed by atoms with Gasteiger partial charge in [-0.05, 0) is 42.0 Å². The number of carbonyl (C=O) groups excluding carboxylic acids is 2. The third kappa shape index (κ3) is 4.24. The number of rotatable bonds is 5. The van der Waals surface area contributed by atoms with Gasteiger partial charge in [0, 0.05) is 12.8 Å². The number of benzene rings is 2. The first kappa shape index (κ1) is 17.6. The SMILES string of the molecule is COc1ccc(OC(=O)C2=NN(Cc3ccc(F)cc3)C(=O)CC2)cc1. The molecule has 2 aromatic rings. The zero-order valence-corrected chi connectivity index (χ0v) is 14.1. The Kier molecular flexibility index (Phi) is 5.26. The van der Waals surface area contributed by atoms with Gasteiger partial charge in [0.2, 0.25) is 5.91 Å². The van der Waals surface area contributed by atoms with Crippen molar-refractivity contribution in [2.75, 3.05) is 7.11 Å². The van der Waals surface area contributed by atoms with Gasteiger partial charge in [-0.2, -0.15) is 5.10 Å². The monoisotopic (exact) mass is 356 g/mol. The number of methoxy groups -OCH3 is 1. The molecule has 0 spiro atoms. The molecule has 0 aromatic heterocycles. The van der Waals surface area contributed by atoms with E-state index in [4.69, 9.17) is 9.47 Å². The number of nitrogens with zero attached hydrogens (tertiary/aromatic N) is 2. The summed E-state index contributed by atoms with van der Waals surface area (Å²) in [5.41, 5.74) is 0.885. The Labute approximate surface area is 149 Å². The quantitative estimate of drug-likeness (QED) is 0.610. The zero-order valence-electron chi connectivity index (χ0n) is 14.1. The molecule has 134 valence electrons. The highest BCUT2D eigenvalue weighted by molar-refractivity contribution is 6.37. The second-order valence-electron chi connectivity index (χ2n) is 5.69. The summed E-state index contributed by atoms with van der Waals surface area (Å²) in [6.45, 7) is 0.165. The van der Waals surface area contributed by atoms with Gasteiger partial charge in [0.25, 0.3) is 0 Å². The lowest BCUT2D eigenvalue weighted by atomic mass is 10.1. The fraction of sp³-hybridized carbons (Fsp3) is 0.211. The lowest BCUT2D eigenvalue weighted by Gasteiger charge is -2.22. The molecule has 0 saturated heterocycles. The van der Waals surface area contributed by atoms with E-state index in [0.29, 0.717) is 17.1 Å². The smallest absolute Gasteiger partial charge is 0.359 e. The number of ether oxygens (including phenoxy) is 2. The molecule has 2 aromatic carbocycles. The summed E-state index contributed by atoms with van der Waals surface area (Å²) in [5, 5.41) is 5.33. The summed E-state index contributed by atoms with van der Waals surface area (Å²) in [4.78, 5) is 24.3. The second-order valence-corrected chi connectivity index (χ2v) is 5.69. The van der Waals surface area contributed by atoms with Crippen LogP contribution in [0.15, 0.2) is 53.6 Å². The first-order valence-corrected chi connectivity index (χ1v) is 8.03. The largest absolute Gasteiger partial charge is 0.497 e. The van der Waals surface area contributed by atoms with Crippen LogP contribution in [-0.2, 0) is 16.1 Å². The van der Waals surface area contributed by atoms with Crippen molar-refractivity contribution in [2.45, 2.75) is 19.4 Å². The summed E-state index contributed by atoms with van der Waals surface area (Å²) in [6, 6.07) is 12.3. The van der Waals surface area contributed by atoms with E-state index in [1.165, 1.54) is 17.1 Å². The van der Waals surface area contributed by atoms with E-state index in [2.05, 4.69) is 5.10 Å². The minimum atomic E-state index is -0.605. The van der Waals surface area contributed by atoms with Crippen molar-refractivity contribution >= 4 is 17.6 Å². The standard InChI is InChI=1S/C19H17FN2O4/c1-25-15-6-8-16(9-7-15)26-19(24)17-10-11-18(23)22(21-17)12-13-2-4-14(20)5-3-13/h2-9H,10-12H2,1H3. The fourth-order valence-corrected chi connectivity index (χ4v) is 2.44. The van der Waals surface area contributed by atoms with Crippen molar-refractivity contribution in [3.63, 3.8) is 0 Å². The molecule has 26 heavy (non-hydrogen) atoms. The molecule has 0 unspecified atom stereocenters. The molecule has 3 rings (SSSR count). The molecule has 1 aliphatic heterocycles. The van der Waals surface area contributed by atoms with Crippen LogP contribution in [0.2, 0.25) is 0 Å².